The van der Waals surface area contributed by atoms with E-state index in [0.29, 0.717) is 48.4 Å². The minimum Gasteiger partial charge on any atom is -0.497 e. The van der Waals surface area contributed by atoms with E-state index in [-0.39, 0.29) is 24.0 Å². The van der Waals surface area contributed by atoms with Crippen LogP contribution in [0, 0.1) is 6.92 Å². The molecule has 0 aliphatic heterocycles. The number of carbonyl (C=O) groups is 1. The Labute approximate surface area is 188 Å². The minimum absolute atomic E-state index is 0. The fourth-order valence-corrected chi connectivity index (χ4v) is 2.60. The second kappa shape index (κ2) is 12.2. The van der Waals surface area contributed by atoms with E-state index in [0.717, 1.165) is 11.3 Å². The topological polar surface area (TPSA) is 94.3 Å². The van der Waals surface area contributed by atoms with E-state index < -0.39 is 5.97 Å². The third kappa shape index (κ3) is 6.84. The highest BCUT2D eigenvalue weighted by Gasteiger charge is 2.15. The summed E-state index contributed by atoms with van der Waals surface area (Å²) in [6.45, 7) is 5.22. The summed E-state index contributed by atoms with van der Waals surface area (Å²) in [4.78, 5) is 16.3. The van der Waals surface area contributed by atoms with Crippen LogP contribution in [-0.2, 0) is 17.8 Å². The molecule has 0 unspecified atom stereocenters. The number of furan rings is 1. The molecular formula is C20H28IN3O5. The van der Waals surface area contributed by atoms with Crippen molar-refractivity contribution in [3.8, 4) is 11.5 Å². The number of ether oxygens (including phenoxy) is 3. The molecule has 2 aromatic rings. The van der Waals surface area contributed by atoms with Crippen molar-refractivity contribution >= 4 is 35.9 Å². The quantitative estimate of drug-likeness (QED) is 0.240. The van der Waals surface area contributed by atoms with E-state index >= 15 is 0 Å². The number of hydrogen-bond donors (Lipinski definition) is 2. The molecule has 0 bridgehead atoms. The highest BCUT2D eigenvalue weighted by molar-refractivity contribution is 14.0. The molecule has 160 valence electrons. The summed E-state index contributed by atoms with van der Waals surface area (Å²) in [6, 6.07) is 7.28. The Hall–Kier alpha value is -2.43. The highest BCUT2D eigenvalue weighted by Crippen LogP contribution is 2.25. The lowest BCUT2D eigenvalue weighted by Crippen LogP contribution is -2.36. The van der Waals surface area contributed by atoms with Gasteiger partial charge in [-0.15, -0.1) is 24.0 Å². The lowest BCUT2D eigenvalue weighted by atomic mass is 10.2. The van der Waals surface area contributed by atoms with Crippen molar-refractivity contribution in [3.05, 3.63) is 46.9 Å². The number of aryl methyl sites for hydroxylation is 1. The lowest BCUT2D eigenvalue weighted by Gasteiger charge is -2.12. The van der Waals surface area contributed by atoms with Gasteiger partial charge in [-0.25, -0.2) is 9.79 Å². The number of carbonyl (C=O) groups excluding carboxylic acids is 1. The monoisotopic (exact) mass is 517 g/mol. The number of nitrogens with one attached hydrogen (secondary N) is 2. The predicted octanol–water partition coefficient (Wildman–Crippen LogP) is 3.27. The summed E-state index contributed by atoms with van der Waals surface area (Å²) in [5.41, 5.74) is 1.35. The Morgan fingerprint density at radius 3 is 2.52 bits per heavy atom. The molecule has 1 aromatic heterocycles. The molecule has 0 fully saturated rings. The highest BCUT2D eigenvalue weighted by atomic mass is 127. The molecule has 2 N–H and O–H groups in total. The van der Waals surface area contributed by atoms with Crippen molar-refractivity contribution in [1.29, 1.82) is 0 Å². The van der Waals surface area contributed by atoms with Gasteiger partial charge in [0.1, 0.15) is 28.6 Å². The molecule has 0 amide bonds. The van der Waals surface area contributed by atoms with Crippen LogP contribution in [0.25, 0.3) is 0 Å². The molecule has 8 nitrogen and oxygen atoms in total. The molecule has 0 saturated heterocycles. The Morgan fingerprint density at radius 2 is 1.90 bits per heavy atom. The molecule has 0 aliphatic rings. The number of guanidine groups is 1. The molecule has 0 spiro atoms. The smallest absolute Gasteiger partial charge is 0.341 e. The lowest BCUT2D eigenvalue weighted by molar-refractivity contribution is 0.0599. The van der Waals surface area contributed by atoms with E-state index in [4.69, 9.17) is 18.6 Å². The van der Waals surface area contributed by atoms with Crippen LogP contribution in [0.5, 0.6) is 11.5 Å². The van der Waals surface area contributed by atoms with Crippen LogP contribution in [0.1, 0.15) is 34.4 Å². The van der Waals surface area contributed by atoms with Crippen molar-refractivity contribution in [2.75, 3.05) is 27.9 Å². The van der Waals surface area contributed by atoms with Crippen LogP contribution in [0.2, 0.25) is 0 Å². The third-order valence-electron chi connectivity index (χ3n) is 4.05. The fraction of sp³-hybridized carbons (Fsp3) is 0.400. The normalized spacial score (nSPS) is 10.7. The van der Waals surface area contributed by atoms with Crippen LogP contribution < -0.4 is 20.1 Å². The van der Waals surface area contributed by atoms with E-state index in [9.17, 15) is 4.79 Å². The molecule has 0 aliphatic carbocycles. The molecular weight excluding hydrogens is 489 g/mol. The third-order valence-corrected chi connectivity index (χ3v) is 4.05. The first-order valence-corrected chi connectivity index (χ1v) is 8.93. The van der Waals surface area contributed by atoms with E-state index in [1.54, 1.807) is 27.2 Å². The molecule has 2 rings (SSSR count). The summed E-state index contributed by atoms with van der Waals surface area (Å²) >= 11 is 0. The van der Waals surface area contributed by atoms with Gasteiger partial charge in [0.15, 0.2) is 5.96 Å². The van der Waals surface area contributed by atoms with Gasteiger partial charge in [-0.1, -0.05) is 0 Å². The van der Waals surface area contributed by atoms with Crippen molar-refractivity contribution in [2.45, 2.75) is 26.9 Å². The zero-order chi connectivity index (χ0) is 20.5. The van der Waals surface area contributed by atoms with Gasteiger partial charge in [-0.3, -0.25) is 0 Å². The molecule has 1 heterocycles. The summed E-state index contributed by atoms with van der Waals surface area (Å²) < 4.78 is 21.0. The summed E-state index contributed by atoms with van der Waals surface area (Å²) in [5, 5.41) is 6.37. The van der Waals surface area contributed by atoms with Crippen LogP contribution in [0.4, 0.5) is 0 Å². The Kier molecular flexibility index (Phi) is 10.4. The summed E-state index contributed by atoms with van der Waals surface area (Å²) in [6.07, 6.45) is 0. The number of rotatable bonds is 8. The summed E-state index contributed by atoms with van der Waals surface area (Å²) in [7, 11) is 4.57. The second-order valence-electron chi connectivity index (χ2n) is 5.90. The van der Waals surface area contributed by atoms with E-state index in [1.807, 2.05) is 25.1 Å². The number of nitrogens with zero attached hydrogens (tertiary/aromatic N) is 1. The van der Waals surface area contributed by atoms with Crippen LogP contribution in [-0.4, -0.2) is 39.8 Å². The van der Waals surface area contributed by atoms with Crippen LogP contribution in [0.15, 0.2) is 33.7 Å². The van der Waals surface area contributed by atoms with Gasteiger partial charge in [-0.2, -0.15) is 0 Å². The largest absolute Gasteiger partial charge is 0.497 e. The van der Waals surface area contributed by atoms with Gasteiger partial charge in [0.05, 0.1) is 34.4 Å². The van der Waals surface area contributed by atoms with Gasteiger partial charge in [0, 0.05) is 18.2 Å². The molecule has 0 saturated carbocycles. The van der Waals surface area contributed by atoms with E-state index in [1.165, 1.54) is 7.11 Å². The Balaban J connectivity index is 0.00000420. The standard InChI is InChI=1S/C20H27N3O5.HI/c1-6-21-20(22-11-14-7-8-15(25-3)10-18(14)26-4)23-12-16-9-17(13(2)28-16)19(24)27-5;/h7-10H,6,11-12H2,1-5H3,(H2,21,22,23);1H. The molecule has 9 heteroatoms. The maximum absolute atomic E-state index is 11.7. The predicted molar refractivity (Wildman–Crippen MR) is 121 cm³/mol. The SMILES string of the molecule is CCNC(=NCc1ccc(OC)cc1OC)NCc1cc(C(=O)OC)c(C)o1.I. The first-order chi connectivity index (χ1) is 13.5. The number of esters is 1. The molecule has 29 heavy (non-hydrogen) atoms. The number of hydrogen-bond acceptors (Lipinski definition) is 6. The zero-order valence-electron chi connectivity index (χ0n) is 17.3. The molecule has 0 radical (unpaired) electrons. The zero-order valence-corrected chi connectivity index (χ0v) is 19.7. The van der Waals surface area contributed by atoms with Gasteiger partial charge < -0.3 is 29.3 Å². The van der Waals surface area contributed by atoms with Crippen molar-refractivity contribution in [2.24, 2.45) is 4.99 Å². The first kappa shape index (κ1) is 24.6. The first-order valence-electron chi connectivity index (χ1n) is 8.93. The summed E-state index contributed by atoms with van der Waals surface area (Å²) in [5.74, 6) is 2.78. The van der Waals surface area contributed by atoms with Crippen LogP contribution in [0.3, 0.4) is 0 Å². The number of halogens is 1. The Bertz CT molecular complexity index is 836. The number of benzene rings is 1. The van der Waals surface area contributed by atoms with Crippen molar-refractivity contribution < 1.29 is 23.4 Å². The fourth-order valence-electron chi connectivity index (χ4n) is 2.60. The number of methoxy groups -OCH3 is 3. The van der Waals surface area contributed by atoms with Crippen LogP contribution >= 0.6 is 24.0 Å². The molecule has 1 aromatic carbocycles. The van der Waals surface area contributed by atoms with Gasteiger partial charge in [-0.05, 0) is 32.0 Å². The molecule has 0 atom stereocenters. The van der Waals surface area contributed by atoms with Crippen molar-refractivity contribution in [1.82, 2.24) is 10.6 Å². The second-order valence-corrected chi connectivity index (χ2v) is 5.90. The average molecular weight is 517 g/mol. The van der Waals surface area contributed by atoms with Gasteiger partial charge in [0.25, 0.3) is 0 Å². The van der Waals surface area contributed by atoms with Gasteiger partial charge in [0.2, 0.25) is 0 Å². The average Bonchev–Trinajstić information content (AvgIpc) is 3.09. The maximum Gasteiger partial charge on any atom is 0.341 e. The van der Waals surface area contributed by atoms with Gasteiger partial charge >= 0.3 is 5.97 Å². The maximum atomic E-state index is 11.7. The number of aliphatic imine (C=N–C) groups is 1. The Morgan fingerprint density at radius 1 is 1.14 bits per heavy atom. The van der Waals surface area contributed by atoms with Crippen molar-refractivity contribution in [3.63, 3.8) is 0 Å². The minimum atomic E-state index is -0.417. The van der Waals surface area contributed by atoms with E-state index in [2.05, 4.69) is 15.6 Å².